The van der Waals surface area contributed by atoms with Gasteiger partial charge in [0.05, 0.1) is 30.5 Å². The van der Waals surface area contributed by atoms with Crippen LogP contribution in [0.1, 0.15) is 74.4 Å². The average Bonchev–Trinajstić information content (AvgIpc) is 3.28. The third-order valence-electron chi connectivity index (χ3n) is 8.68. The van der Waals surface area contributed by atoms with Crippen molar-refractivity contribution < 1.29 is 25.2 Å². The number of nitrogens with one attached hydrogen (secondary N) is 1. The van der Waals surface area contributed by atoms with Crippen LogP contribution in [0.5, 0.6) is 17.2 Å². The Morgan fingerprint density at radius 1 is 1.07 bits per heavy atom. The monoisotopic (exact) mass is 544 g/mol. The number of methoxy groups -OCH3 is 1. The lowest BCUT2D eigenvalue weighted by molar-refractivity contribution is 0.106. The van der Waals surface area contributed by atoms with Crippen LogP contribution >= 0.6 is 0 Å². The number of hydrogen-bond donors (Lipinski definition) is 5. The number of aromatic nitrogens is 1. The van der Waals surface area contributed by atoms with Crippen molar-refractivity contribution in [2.24, 2.45) is 10.9 Å². The summed E-state index contributed by atoms with van der Waals surface area (Å²) in [6, 6.07) is 7.51. The van der Waals surface area contributed by atoms with E-state index >= 15 is 0 Å². The standard InChI is InChI=1S/C33H40N2O5/c1-16(2)23-14-26(36)19(6)28(32(23)38)29(33(39)15-24(17(3)4)27(37)12-18(33)5)31-30-22(10-11-34-31)21-9-8-20(40-7)13-25(21)35-30/h8-9,12-17,27,29,35-39H,10-11H2,1-7H3. The van der Waals surface area contributed by atoms with Crippen molar-refractivity contribution >= 4 is 16.6 Å². The second-order valence-electron chi connectivity index (χ2n) is 11.8. The molecule has 3 unspecified atom stereocenters. The predicted octanol–water partition coefficient (Wildman–Crippen LogP) is 5.78. The number of ether oxygens (including phenoxy) is 1. The fraction of sp³-hybridized carbons (Fsp3) is 0.424. The number of fused-ring (bicyclic) bond motifs is 3. The van der Waals surface area contributed by atoms with Gasteiger partial charge in [0.15, 0.2) is 0 Å². The Hall–Kier alpha value is -3.55. The summed E-state index contributed by atoms with van der Waals surface area (Å²) in [6.45, 7) is 11.9. The number of nitrogens with zero attached hydrogens (tertiary/aromatic N) is 1. The van der Waals surface area contributed by atoms with Crippen LogP contribution in [-0.2, 0) is 6.42 Å². The first-order valence-corrected chi connectivity index (χ1v) is 14.0. The van der Waals surface area contributed by atoms with E-state index in [1.54, 1.807) is 39.2 Å². The Kier molecular flexibility index (Phi) is 7.09. The molecule has 0 spiro atoms. The Labute approximate surface area is 235 Å². The number of phenolic OH excluding ortho intramolecular Hbond substituents is 2. The van der Waals surface area contributed by atoms with Gasteiger partial charge in [0, 0.05) is 34.6 Å². The van der Waals surface area contributed by atoms with Crippen molar-refractivity contribution in [1.29, 1.82) is 0 Å². The molecule has 0 saturated heterocycles. The molecule has 1 aromatic heterocycles. The summed E-state index contributed by atoms with van der Waals surface area (Å²) in [5, 5.41) is 47.5. The molecule has 212 valence electrons. The molecule has 2 heterocycles. The van der Waals surface area contributed by atoms with Crippen LogP contribution in [0.15, 0.2) is 52.6 Å². The fourth-order valence-corrected chi connectivity index (χ4v) is 6.34. The predicted molar refractivity (Wildman–Crippen MR) is 159 cm³/mol. The highest BCUT2D eigenvalue weighted by Crippen LogP contribution is 2.50. The molecule has 7 nitrogen and oxygen atoms in total. The van der Waals surface area contributed by atoms with E-state index in [-0.39, 0.29) is 23.3 Å². The normalized spacial score (nSPS) is 21.8. The van der Waals surface area contributed by atoms with Crippen LogP contribution in [0.4, 0.5) is 0 Å². The second-order valence-corrected chi connectivity index (χ2v) is 11.8. The van der Waals surface area contributed by atoms with Crippen molar-refractivity contribution in [3.8, 4) is 17.2 Å². The van der Waals surface area contributed by atoms with Crippen molar-refractivity contribution in [2.75, 3.05) is 13.7 Å². The minimum atomic E-state index is -1.63. The van der Waals surface area contributed by atoms with Crippen LogP contribution < -0.4 is 4.74 Å². The summed E-state index contributed by atoms with van der Waals surface area (Å²) < 4.78 is 5.46. The first kappa shape index (κ1) is 28.0. The van der Waals surface area contributed by atoms with E-state index in [9.17, 15) is 20.4 Å². The van der Waals surface area contributed by atoms with Crippen molar-refractivity contribution in [3.05, 3.63) is 75.5 Å². The molecule has 5 N–H and O–H groups in total. The molecule has 1 aliphatic heterocycles. The first-order valence-electron chi connectivity index (χ1n) is 14.0. The zero-order valence-electron chi connectivity index (χ0n) is 24.3. The second kappa shape index (κ2) is 10.1. The minimum Gasteiger partial charge on any atom is -0.508 e. The lowest BCUT2D eigenvalue weighted by Crippen LogP contribution is -2.45. The molecule has 2 aromatic carbocycles. The number of aromatic hydroxyl groups is 2. The van der Waals surface area contributed by atoms with Crippen LogP contribution in [-0.4, -0.2) is 56.5 Å². The summed E-state index contributed by atoms with van der Waals surface area (Å²) in [5.74, 6) is -0.156. The van der Waals surface area contributed by atoms with E-state index in [0.717, 1.165) is 34.3 Å². The topological polar surface area (TPSA) is 118 Å². The van der Waals surface area contributed by atoms with E-state index in [2.05, 4.69) is 4.98 Å². The van der Waals surface area contributed by atoms with Crippen LogP contribution in [0.25, 0.3) is 10.9 Å². The van der Waals surface area contributed by atoms with Gasteiger partial charge in [-0.1, -0.05) is 27.7 Å². The number of H-pyrrole nitrogens is 1. The van der Waals surface area contributed by atoms with E-state index in [0.29, 0.717) is 40.1 Å². The van der Waals surface area contributed by atoms with Crippen molar-refractivity contribution in [1.82, 2.24) is 4.98 Å². The Balaban J connectivity index is 1.85. The molecule has 0 bridgehead atoms. The van der Waals surface area contributed by atoms with E-state index in [1.807, 2.05) is 45.9 Å². The zero-order valence-corrected chi connectivity index (χ0v) is 24.3. The number of rotatable bonds is 6. The summed E-state index contributed by atoms with van der Waals surface area (Å²) in [7, 11) is 1.63. The molecule has 5 rings (SSSR count). The quantitative estimate of drug-likeness (QED) is 0.199. The SMILES string of the molecule is COc1ccc2c3c([nH]c2c1)C(C(c1c(C)c(O)cc(C(C)C)c1O)C1(O)C=C(C(C)C)C(O)C=C1C)=NCC3. The number of aliphatic imine (C=N–C) groups is 1. The Morgan fingerprint density at radius 2 is 1.80 bits per heavy atom. The highest BCUT2D eigenvalue weighted by Gasteiger charge is 2.47. The smallest absolute Gasteiger partial charge is 0.123 e. The maximum absolute atomic E-state index is 12.7. The molecule has 3 aromatic rings. The highest BCUT2D eigenvalue weighted by atomic mass is 16.5. The van der Waals surface area contributed by atoms with Gasteiger partial charge in [-0.05, 0) is 84.7 Å². The summed E-state index contributed by atoms with van der Waals surface area (Å²) >= 11 is 0. The largest absolute Gasteiger partial charge is 0.508 e. The molecule has 1 aliphatic carbocycles. The number of benzene rings is 2. The summed E-state index contributed by atoms with van der Waals surface area (Å²) in [4.78, 5) is 8.54. The first-order chi connectivity index (χ1) is 18.9. The lowest BCUT2D eigenvalue weighted by atomic mass is 9.67. The zero-order chi connectivity index (χ0) is 29.1. The number of phenols is 2. The molecule has 7 heteroatoms. The number of hydrogen-bond acceptors (Lipinski definition) is 6. The lowest BCUT2D eigenvalue weighted by Gasteiger charge is -2.42. The van der Waals surface area contributed by atoms with Crippen molar-refractivity contribution in [2.45, 2.75) is 71.5 Å². The fourth-order valence-electron chi connectivity index (χ4n) is 6.34. The van der Waals surface area contributed by atoms with Crippen LogP contribution in [0.2, 0.25) is 0 Å². The van der Waals surface area contributed by atoms with E-state index in [1.165, 1.54) is 0 Å². The third kappa shape index (κ3) is 4.32. The average molecular weight is 545 g/mol. The van der Waals surface area contributed by atoms with Gasteiger partial charge in [0.1, 0.15) is 22.8 Å². The molecular formula is C33H40N2O5. The van der Waals surface area contributed by atoms with Gasteiger partial charge in [-0.15, -0.1) is 0 Å². The molecule has 40 heavy (non-hydrogen) atoms. The van der Waals surface area contributed by atoms with E-state index < -0.39 is 17.6 Å². The molecule has 0 saturated carbocycles. The molecule has 0 amide bonds. The highest BCUT2D eigenvalue weighted by molar-refractivity contribution is 6.11. The number of aliphatic hydroxyl groups excluding tert-OH is 1. The van der Waals surface area contributed by atoms with Crippen LogP contribution in [0, 0.1) is 12.8 Å². The van der Waals surface area contributed by atoms with E-state index in [4.69, 9.17) is 9.73 Å². The molecule has 0 radical (unpaired) electrons. The number of aliphatic hydroxyl groups is 2. The maximum Gasteiger partial charge on any atom is 0.123 e. The molecular weight excluding hydrogens is 504 g/mol. The van der Waals surface area contributed by atoms with Crippen LogP contribution in [0.3, 0.4) is 0 Å². The third-order valence-corrected chi connectivity index (χ3v) is 8.68. The minimum absolute atomic E-state index is 0.0268. The van der Waals surface area contributed by atoms with Gasteiger partial charge in [-0.3, -0.25) is 4.99 Å². The summed E-state index contributed by atoms with van der Waals surface area (Å²) in [6.07, 6.45) is 3.32. The van der Waals surface area contributed by atoms with Gasteiger partial charge in [-0.2, -0.15) is 0 Å². The Morgan fingerprint density at radius 3 is 2.45 bits per heavy atom. The van der Waals surface area contributed by atoms with Gasteiger partial charge < -0.3 is 30.1 Å². The molecule has 2 aliphatic rings. The van der Waals surface area contributed by atoms with Gasteiger partial charge >= 0.3 is 0 Å². The molecule has 0 fully saturated rings. The van der Waals surface area contributed by atoms with Crippen molar-refractivity contribution in [3.63, 3.8) is 0 Å². The number of aromatic amines is 1. The molecule has 3 atom stereocenters. The Bertz CT molecular complexity index is 1580. The van der Waals surface area contributed by atoms with Gasteiger partial charge in [0.25, 0.3) is 0 Å². The van der Waals surface area contributed by atoms with Gasteiger partial charge in [-0.25, -0.2) is 0 Å². The maximum atomic E-state index is 12.7. The van der Waals surface area contributed by atoms with Gasteiger partial charge in [0.2, 0.25) is 0 Å². The summed E-state index contributed by atoms with van der Waals surface area (Å²) in [5.41, 5.74) is 4.48.